The molecule has 0 atom stereocenters. The predicted molar refractivity (Wildman–Crippen MR) is 81.2 cm³/mol. The summed E-state index contributed by atoms with van der Waals surface area (Å²) in [4.78, 5) is 16.2. The van der Waals surface area contributed by atoms with Crippen LogP contribution in [0, 0.1) is 0 Å². The first-order valence-corrected chi connectivity index (χ1v) is 7.56. The van der Waals surface area contributed by atoms with Crippen LogP contribution in [0.1, 0.15) is 30.6 Å². The highest BCUT2D eigenvalue weighted by molar-refractivity contribution is 8.13. The molecule has 0 saturated carbocycles. The molecule has 1 aromatic carbocycles. The first-order chi connectivity index (χ1) is 9.21. The number of hydrogen-bond donors (Lipinski definition) is 1. The van der Waals surface area contributed by atoms with Crippen LogP contribution in [0.15, 0.2) is 29.3 Å². The highest BCUT2D eigenvalue weighted by Crippen LogP contribution is 2.12. The van der Waals surface area contributed by atoms with Gasteiger partial charge in [-0.05, 0) is 43.9 Å². The molecule has 0 aromatic heterocycles. The SMILES string of the molecule is CCCOc1ccc(C(=O)NC(=NCC)SC)cc1. The Bertz CT molecular complexity index is 430. The smallest absolute Gasteiger partial charge is 0.257 e. The van der Waals surface area contributed by atoms with E-state index in [1.807, 2.05) is 13.2 Å². The van der Waals surface area contributed by atoms with Gasteiger partial charge in [-0.1, -0.05) is 18.7 Å². The van der Waals surface area contributed by atoms with Gasteiger partial charge in [0.25, 0.3) is 5.91 Å². The van der Waals surface area contributed by atoms with Gasteiger partial charge < -0.3 is 10.1 Å². The number of nitrogens with zero attached hydrogens (tertiary/aromatic N) is 1. The van der Waals surface area contributed by atoms with Gasteiger partial charge in [0.2, 0.25) is 0 Å². The summed E-state index contributed by atoms with van der Waals surface area (Å²) < 4.78 is 5.47. The number of carbonyl (C=O) groups is 1. The van der Waals surface area contributed by atoms with E-state index in [-0.39, 0.29) is 5.91 Å². The Balaban J connectivity index is 2.64. The summed E-state index contributed by atoms with van der Waals surface area (Å²) in [6.45, 7) is 5.33. The summed E-state index contributed by atoms with van der Waals surface area (Å²) in [5.74, 6) is 0.634. The molecule has 0 fully saturated rings. The molecule has 5 heteroatoms. The molecule has 1 N–H and O–H groups in total. The molecule has 1 rings (SSSR count). The zero-order valence-corrected chi connectivity index (χ0v) is 12.4. The Morgan fingerprint density at radius 3 is 2.53 bits per heavy atom. The number of ether oxygens (including phenoxy) is 1. The van der Waals surface area contributed by atoms with Crippen molar-refractivity contribution in [2.24, 2.45) is 4.99 Å². The minimum atomic E-state index is -0.149. The van der Waals surface area contributed by atoms with Gasteiger partial charge in [0.05, 0.1) is 6.61 Å². The molecule has 0 radical (unpaired) electrons. The van der Waals surface area contributed by atoms with Crippen LogP contribution in [0.2, 0.25) is 0 Å². The van der Waals surface area contributed by atoms with E-state index in [2.05, 4.69) is 17.2 Å². The highest BCUT2D eigenvalue weighted by Gasteiger charge is 2.08. The molecule has 0 saturated heterocycles. The van der Waals surface area contributed by atoms with Crippen molar-refractivity contribution in [1.29, 1.82) is 0 Å². The summed E-state index contributed by atoms with van der Waals surface area (Å²) in [5.41, 5.74) is 0.599. The molecule has 1 aromatic rings. The van der Waals surface area contributed by atoms with Crippen LogP contribution in [0.5, 0.6) is 5.75 Å². The van der Waals surface area contributed by atoms with Gasteiger partial charge in [0.1, 0.15) is 5.75 Å². The van der Waals surface area contributed by atoms with E-state index in [4.69, 9.17) is 4.74 Å². The lowest BCUT2D eigenvalue weighted by Gasteiger charge is -2.07. The molecule has 4 nitrogen and oxygen atoms in total. The van der Waals surface area contributed by atoms with Crippen molar-refractivity contribution in [3.63, 3.8) is 0 Å². The average Bonchev–Trinajstić information content (AvgIpc) is 2.45. The average molecular weight is 280 g/mol. The maximum atomic E-state index is 12.0. The molecule has 0 heterocycles. The van der Waals surface area contributed by atoms with Gasteiger partial charge in [0, 0.05) is 12.1 Å². The Labute approximate surface area is 118 Å². The maximum Gasteiger partial charge on any atom is 0.257 e. The number of amidine groups is 1. The van der Waals surface area contributed by atoms with Crippen LogP contribution in [-0.2, 0) is 0 Å². The summed E-state index contributed by atoms with van der Waals surface area (Å²) >= 11 is 1.43. The minimum Gasteiger partial charge on any atom is -0.494 e. The minimum absolute atomic E-state index is 0.149. The Morgan fingerprint density at radius 2 is 2.00 bits per heavy atom. The van der Waals surface area contributed by atoms with E-state index < -0.39 is 0 Å². The lowest BCUT2D eigenvalue weighted by atomic mass is 10.2. The fourth-order valence-corrected chi connectivity index (χ4v) is 1.84. The predicted octanol–water partition coefficient (Wildman–Crippen LogP) is 2.94. The number of amides is 1. The van der Waals surface area contributed by atoms with Crippen molar-refractivity contribution in [2.45, 2.75) is 20.3 Å². The second-order valence-electron chi connectivity index (χ2n) is 3.81. The van der Waals surface area contributed by atoms with Gasteiger partial charge in [0.15, 0.2) is 5.17 Å². The largest absolute Gasteiger partial charge is 0.494 e. The van der Waals surface area contributed by atoms with Crippen LogP contribution >= 0.6 is 11.8 Å². The van der Waals surface area contributed by atoms with E-state index in [9.17, 15) is 4.79 Å². The Hall–Kier alpha value is -1.49. The lowest BCUT2D eigenvalue weighted by molar-refractivity contribution is 0.0978. The van der Waals surface area contributed by atoms with Gasteiger partial charge >= 0.3 is 0 Å². The van der Waals surface area contributed by atoms with E-state index >= 15 is 0 Å². The van der Waals surface area contributed by atoms with Crippen LogP contribution in [-0.4, -0.2) is 30.5 Å². The molecule has 104 valence electrons. The van der Waals surface area contributed by atoms with Crippen molar-refractivity contribution in [1.82, 2.24) is 5.32 Å². The Morgan fingerprint density at radius 1 is 1.32 bits per heavy atom. The number of rotatable bonds is 5. The lowest BCUT2D eigenvalue weighted by Crippen LogP contribution is -2.28. The molecule has 0 unspecified atom stereocenters. The number of thioether (sulfide) groups is 1. The number of carbonyl (C=O) groups excluding carboxylic acids is 1. The third-order valence-electron chi connectivity index (χ3n) is 2.30. The van der Waals surface area contributed by atoms with Crippen LogP contribution in [0.4, 0.5) is 0 Å². The third-order valence-corrected chi connectivity index (χ3v) is 2.92. The molecular weight excluding hydrogens is 260 g/mol. The zero-order valence-electron chi connectivity index (χ0n) is 11.6. The standard InChI is InChI=1S/C14H20N2O2S/c1-4-10-18-12-8-6-11(7-9-12)13(17)16-14(19-3)15-5-2/h6-9H,4-5,10H2,1-3H3,(H,15,16,17). The van der Waals surface area contributed by atoms with Crippen molar-refractivity contribution in [3.8, 4) is 5.75 Å². The molecule has 0 aliphatic carbocycles. The molecule has 0 bridgehead atoms. The monoisotopic (exact) mass is 280 g/mol. The fourth-order valence-electron chi connectivity index (χ4n) is 1.39. The first kappa shape index (κ1) is 15.6. The van der Waals surface area contributed by atoms with Gasteiger partial charge in [-0.3, -0.25) is 9.79 Å². The second-order valence-corrected chi connectivity index (χ2v) is 4.61. The fraction of sp³-hybridized carbons (Fsp3) is 0.429. The normalized spacial score (nSPS) is 11.2. The highest BCUT2D eigenvalue weighted by atomic mass is 32.2. The summed E-state index contributed by atoms with van der Waals surface area (Å²) in [5, 5.41) is 3.42. The second kappa shape index (κ2) is 8.58. The molecule has 0 spiro atoms. The summed E-state index contributed by atoms with van der Waals surface area (Å²) in [7, 11) is 0. The van der Waals surface area contributed by atoms with Crippen molar-refractivity contribution < 1.29 is 9.53 Å². The van der Waals surface area contributed by atoms with Crippen molar-refractivity contribution in [2.75, 3.05) is 19.4 Å². The van der Waals surface area contributed by atoms with E-state index in [0.29, 0.717) is 23.9 Å². The van der Waals surface area contributed by atoms with Crippen molar-refractivity contribution in [3.05, 3.63) is 29.8 Å². The Kier molecular flexibility index (Phi) is 7.03. The van der Waals surface area contributed by atoms with Crippen LogP contribution in [0.3, 0.4) is 0 Å². The van der Waals surface area contributed by atoms with Gasteiger partial charge in [-0.25, -0.2) is 0 Å². The van der Waals surface area contributed by atoms with E-state index in [0.717, 1.165) is 12.2 Å². The molecule has 1 amide bonds. The summed E-state index contributed by atoms with van der Waals surface area (Å²) in [6, 6.07) is 7.12. The van der Waals surface area contributed by atoms with Crippen LogP contribution in [0.25, 0.3) is 0 Å². The number of aliphatic imine (C=N–C) groups is 1. The molecule has 19 heavy (non-hydrogen) atoms. The van der Waals surface area contributed by atoms with Crippen LogP contribution < -0.4 is 10.1 Å². The number of hydrogen-bond acceptors (Lipinski definition) is 4. The number of nitrogens with one attached hydrogen (secondary N) is 1. The summed E-state index contributed by atoms with van der Waals surface area (Å²) in [6.07, 6.45) is 2.85. The van der Waals surface area contributed by atoms with E-state index in [1.165, 1.54) is 11.8 Å². The van der Waals surface area contributed by atoms with E-state index in [1.54, 1.807) is 24.3 Å². The topological polar surface area (TPSA) is 50.7 Å². The third kappa shape index (κ3) is 5.34. The molecule has 0 aliphatic heterocycles. The quantitative estimate of drug-likeness (QED) is 0.666. The zero-order chi connectivity index (χ0) is 14.1. The maximum absolute atomic E-state index is 12.0. The van der Waals surface area contributed by atoms with Crippen molar-refractivity contribution >= 4 is 22.8 Å². The number of benzene rings is 1. The van der Waals surface area contributed by atoms with Gasteiger partial charge in [-0.15, -0.1) is 0 Å². The first-order valence-electron chi connectivity index (χ1n) is 6.33. The molecular formula is C14H20N2O2S. The molecule has 0 aliphatic rings. The van der Waals surface area contributed by atoms with Gasteiger partial charge in [-0.2, -0.15) is 0 Å².